The summed E-state index contributed by atoms with van der Waals surface area (Å²) in [6.07, 6.45) is 0. The van der Waals surface area contributed by atoms with E-state index in [1.54, 1.807) is 0 Å². The topological polar surface area (TPSA) is 17.8 Å². The Labute approximate surface area is 190 Å². The summed E-state index contributed by atoms with van der Waals surface area (Å²) in [5, 5.41) is 6.44. The monoisotopic (exact) mass is 418 g/mol. The summed E-state index contributed by atoms with van der Waals surface area (Å²) < 4.78 is 2.25. The van der Waals surface area contributed by atoms with Gasteiger partial charge in [0.25, 0.3) is 0 Å². The highest BCUT2D eigenvalue weighted by atomic mass is 15.3. The molecule has 0 fully saturated rings. The smallest absolute Gasteiger partial charge is 0.0778 e. The first-order valence-corrected chi connectivity index (χ1v) is 11.6. The Morgan fingerprint density at radius 1 is 0.548 bits per heavy atom. The first-order valence-electron chi connectivity index (χ1n) is 11.6. The molecule has 0 aliphatic rings. The van der Waals surface area contributed by atoms with Gasteiger partial charge in [0, 0.05) is 5.39 Å². The Morgan fingerprint density at radius 2 is 1.00 bits per heavy atom. The normalized spacial score (nSPS) is 12.8. The standard InChI is InChI=1S/C29H42N2/c1-15-16(2)20(6)27-24(17(15)3)23(9)30-31(27)26-21(7)18(4)25(19(5)22(26)8)29(13,14)28(10,11)12/h1-14H3. The SMILES string of the molecule is Cc1c(C)c(C(C)(C)C(C)(C)C)c(C)c(C)c1-n1nc(C)c2c(C)c(C)c(C)c(C)c21. The van der Waals surface area contributed by atoms with Crippen LogP contribution in [0.4, 0.5) is 0 Å². The third-order valence-electron chi connectivity index (χ3n) is 8.78. The highest BCUT2D eigenvalue weighted by molar-refractivity contribution is 5.91. The number of nitrogens with zero attached hydrogens (tertiary/aromatic N) is 2. The van der Waals surface area contributed by atoms with Crippen LogP contribution in [0, 0.1) is 67.7 Å². The van der Waals surface area contributed by atoms with Gasteiger partial charge in [-0.2, -0.15) is 5.10 Å². The molecule has 0 amide bonds. The minimum atomic E-state index is 0.0670. The molecule has 0 N–H and O–H groups in total. The van der Waals surface area contributed by atoms with Crippen molar-refractivity contribution in [3.8, 4) is 5.69 Å². The van der Waals surface area contributed by atoms with Crippen LogP contribution in [0.5, 0.6) is 0 Å². The van der Waals surface area contributed by atoms with Crippen LogP contribution >= 0.6 is 0 Å². The number of hydrogen-bond donors (Lipinski definition) is 0. The zero-order chi connectivity index (χ0) is 23.8. The van der Waals surface area contributed by atoms with Crippen molar-refractivity contribution in [1.29, 1.82) is 0 Å². The average Bonchev–Trinajstić information content (AvgIpc) is 2.99. The number of aryl methyl sites for hydroxylation is 3. The van der Waals surface area contributed by atoms with Gasteiger partial charge in [0.2, 0.25) is 0 Å². The van der Waals surface area contributed by atoms with E-state index in [0.717, 1.165) is 5.69 Å². The summed E-state index contributed by atoms with van der Waals surface area (Å²) in [6.45, 7) is 32.2. The van der Waals surface area contributed by atoms with E-state index in [1.807, 2.05) is 0 Å². The molecule has 168 valence electrons. The average molecular weight is 419 g/mol. The van der Waals surface area contributed by atoms with Crippen molar-refractivity contribution < 1.29 is 0 Å². The van der Waals surface area contributed by atoms with E-state index < -0.39 is 0 Å². The Bertz CT molecular complexity index is 1180. The fourth-order valence-corrected chi connectivity index (χ4v) is 5.33. The van der Waals surface area contributed by atoms with Crippen LogP contribution in [0.3, 0.4) is 0 Å². The predicted octanol–water partition coefficient (Wildman–Crippen LogP) is 8.12. The Balaban J connectivity index is 2.49. The zero-order valence-electron chi connectivity index (χ0n) is 22.4. The maximum absolute atomic E-state index is 5.13. The molecule has 0 saturated carbocycles. The largest absolute Gasteiger partial charge is 0.232 e. The molecular formula is C29H42N2. The van der Waals surface area contributed by atoms with Gasteiger partial charge in [0.1, 0.15) is 0 Å². The Kier molecular flexibility index (Phi) is 5.49. The number of benzene rings is 2. The van der Waals surface area contributed by atoms with Crippen molar-refractivity contribution in [2.45, 2.75) is 102 Å². The van der Waals surface area contributed by atoms with Gasteiger partial charge in [-0.05, 0) is 123 Å². The van der Waals surface area contributed by atoms with E-state index in [1.165, 1.54) is 66.7 Å². The number of rotatable bonds is 2. The van der Waals surface area contributed by atoms with Crippen molar-refractivity contribution >= 4 is 10.9 Å². The lowest BCUT2D eigenvalue weighted by Gasteiger charge is -2.42. The first-order chi connectivity index (χ1) is 14.1. The lowest BCUT2D eigenvalue weighted by Crippen LogP contribution is -2.36. The zero-order valence-corrected chi connectivity index (χ0v) is 22.4. The molecular weight excluding hydrogens is 376 g/mol. The fourth-order valence-electron chi connectivity index (χ4n) is 5.33. The van der Waals surface area contributed by atoms with Gasteiger partial charge in [-0.3, -0.25) is 0 Å². The lowest BCUT2D eigenvalue weighted by molar-refractivity contribution is 0.223. The van der Waals surface area contributed by atoms with Gasteiger partial charge < -0.3 is 0 Å². The molecule has 0 aliphatic carbocycles. The minimum Gasteiger partial charge on any atom is -0.232 e. The second-order valence-corrected chi connectivity index (χ2v) is 11.3. The van der Waals surface area contributed by atoms with Crippen molar-refractivity contribution in [1.82, 2.24) is 9.78 Å². The molecule has 0 spiro atoms. The predicted molar refractivity (Wildman–Crippen MR) is 136 cm³/mol. The highest BCUT2D eigenvalue weighted by Gasteiger charge is 2.38. The quantitative estimate of drug-likeness (QED) is 0.411. The molecule has 0 saturated heterocycles. The molecule has 0 unspecified atom stereocenters. The van der Waals surface area contributed by atoms with E-state index in [4.69, 9.17) is 5.10 Å². The van der Waals surface area contributed by atoms with Crippen molar-refractivity contribution in [3.63, 3.8) is 0 Å². The van der Waals surface area contributed by atoms with Crippen LogP contribution in [0.1, 0.15) is 90.4 Å². The van der Waals surface area contributed by atoms with E-state index >= 15 is 0 Å². The fraction of sp³-hybridized carbons (Fsp3) is 0.552. The molecule has 0 atom stereocenters. The second kappa shape index (κ2) is 7.22. The van der Waals surface area contributed by atoms with E-state index in [2.05, 4.69) is 102 Å². The van der Waals surface area contributed by atoms with Crippen molar-refractivity contribution in [2.24, 2.45) is 5.41 Å². The molecule has 0 aliphatic heterocycles. The molecule has 1 heterocycles. The summed E-state index contributed by atoms with van der Waals surface area (Å²) in [6, 6.07) is 0. The van der Waals surface area contributed by atoms with Crippen molar-refractivity contribution in [3.05, 3.63) is 55.8 Å². The van der Waals surface area contributed by atoms with Crippen LogP contribution in [-0.4, -0.2) is 9.78 Å². The van der Waals surface area contributed by atoms with Gasteiger partial charge in [-0.15, -0.1) is 0 Å². The summed E-state index contributed by atoms with van der Waals surface area (Å²) in [7, 11) is 0. The molecule has 3 rings (SSSR count). The van der Waals surface area contributed by atoms with Crippen molar-refractivity contribution in [2.75, 3.05) is 0 Å². The third-order valence-corrected chi connectivity index (χ3v) is 8.78. The number of aromatic nitrogens is 2. The van der Waals surface area contributed by atoms with Gasteiger partial charge >= 0.3 is 0 Å². The molecule has 31 heavy (non-hydrogen) atoms. The highest BCUT2D eigenvalue weighted by Crippen LogP contribution is 2.46. The molecule has 2 heteroatoms. The van der Waals surface area contributed by atoms with E-state index in [-0.39, 0.29) is 10.8 Å². The maximum atomic E-state index is 5.13. The molecule has 3 aromatic rings. The first kappa shape index (κ1) is 23.6. The number of fused-ring (bicyclic) bond motifs is 1. The molecule has 0 bridgehead atoms. The van der Waals surface area contributed by atoms with Crippen LogP contribution in [0.2, 0.25) is 0 Å². The van der Waals surface area contributed by atoms with Gasteiger partial charge in [0.15, 0.2) is 0 Å². The minimum absolute atomic E-state index is 0.0670. The van der Waals surface area contributed by atoms with Crippen LogP contribution in [-0.2, 0) is 5.41 Å². The van der Waals surface area contributed by atoms with Crippen LogP contribution < -0.4 is 0 Å². The van der Waals surface area contributed by atoms with Crippen LogP contribution in [0.25, 0.3) is 16.6 Å². The summed E-state index contributed by atoms with van der Waals surface area (Å²) >= 11 is 0. The lowest BCUT2D eigenvalue weighted by atomic mass is 9.62. The molecule has 0 radical (unpaired) electrons. The Morgan fingerprint density at radius 3 is 1.45 bits per heavy atom. The molecule has 2 aromatic carbocycles. The van der Waals surface area contributed by atoms with Gasteiger partial charge in [-0.25, -0.2) is 4.68 Å². The summed E-state index contributed by atoms with van der Waals surface area (Å²) in [5.74, 6) is 0. The Hall–Kier alpha value is -2.09. The van der Waals surface area contributed by atoms with E-state index in [0.29, 0.717) is 0 Å². The number of hydrogen-bond acceptors (Lipinski definition) is 1. The van der Waals surface area contributed by atoms with E-state index in [9.17, 15) is 0 Å². The molecule has 1 aromatic heterocycles. The van der Waals surface area contributed by atoms with Crippen LogP contribution in [0.15, 0.2) is 0 Å². The van der Waals surface area contributed by atoms with Gasteiger partial charge in [-0.1, -0.05) is 34.6 Å². The maximum Gasteiger partial charge on any atom is 0.0778 e. The summed E-state index contributed by atoms with van der Waals surface area (Å²) in [4.78, 5) is 0. The second-order valence-electron chi connectivity index (χ2n) is 11.3. The molecule has 2 nitrogen and oxygen atoms in total. The third kappa shape index (κ3) is 3.17. The van der Waals surface area contributed by atoms with Gasteiger partial charge in [0.05, 0.1) is 16.9 Å². The summed E-state index contributed by atoms with van der Waals surface area (Å²) in [5.41, 5.74) is 16.3.